The number of hydrogen-bond donors (Lipinski definition) is 1. The van der Waals surface area contributed by atoms with E-state index >= 15 is 0 Å². The topological polar surface area (TPSA) is 50.8 Å². The van der Waals surface area contributed by atoms with Gasteiger partial charge in [0.2, 0.25) is 0 Å². The van der Waals surface area contributed by atoms with Crippen molar-refractivity contribution in [2.45, 2.75) is 26.4 Å². The predicted octanol–water partition coefficient (Wildman–Crippen LogP) is 3.73. The van der Waals surface area contributed by atoms with Gasteiger partial charge in [-0.05, 0) is 38.1 Å². The Labute approximate surface area is 148 Å². The molecular formula is C20H24N2O3. The summed E-state index contributed by atoms with van der Waals surface area (Å²) in [7, 11) is 3.90. The average Bonchev–Trinajstić information content (AvgIpc) is 2.94. The number of rotatable bonds is 5. The van der Waals surface area contributed by atoms with E-state index in [2.05, 4.69) is 5.32 Å². The molecule has 1 unspecified atom stereocenters. The average molecular weight is 340 g/mol. The van der Waals surface area contributed by atoms with Gasteiger partial charge in [0.15, 0.2) is 0 Å². The fraction of sp³-hybridized carbons (Fsp3) is 0.350. The zero-order valence-corrected chi connectivity index (χ0v) is 15.1. The Kier molecular flexibility index (Phi) is 4.83. The molecule has 1 aliphatic heterocycles. The van der Waals surface area contributed by atoms with Crippen molar-refractivity contribution in [3.05, 3.63) is 47.5 Å². The highest BCUT2D eigenvalue weighted by Crippen LogP contribution is 2.38. The monoisotopic (exact) mass is 340 g/mol. The van der Waals surface area contributed by atoms with Crippen LogP contribution in [-0.4, -0.2) is 32.7 Å². The largest absolute Gasteiger partial charge is 0.492 e. The number of hydrogen-bond acceptors (Lipinski definition) is 4. The van der Waals surface area contributed by atoms with Crippen molar-refractivity contribution >= 4 is 17.3 Å². The van der Waals surface area contributed by atoms with Crippen molar-refractivity contribution in [2.75, 3.05) is 30.9 Å². The molecule has 5 nitrogen and oxygen atoms in total. The van der Waals surface area contributed by atoms with E-state index in [4.69, 9.17) is 9.47 Å². The zero-order chi connectivity index (χ0) is 18.0. The Bertz CT molecular complexity index is 787. The first-order valence-corrected chi connectivity index (χ1v) is 8.53. The van der Waals surface area contributed by atoms with Crippen LogP contribution >= 0.6 is 0 Å². The quantitative estimate of drug-likeness (QED) is 0.901. The Morgan fingerprint density at radius 3 is 2.84 bits per heavy atom. The van der Waals surface area contributed by atoms with Crippen LogP contribution in [0.2, 0.25) is 0 Å². The van der Waals surface area contributed by atoms with Crippen LogP contribution in [0.3, 0.4) is 0 Å². The first-order valence-electron chi connectivity index (χ1n) is 8.53. The van der Waals surface area contributed by atoms with Gasteiger partial charge in [-0.15, -0.1) is 0 Å². The van der Waals surface area contributed by atoms with E-state index in [0.717, 1.165) is 23.4 Å². The van der Waals surface area contributed by atoms with Crippen molar-refractivity contribution in [3.63, 3.8) is 0 Å². The maximum Gasteiger partial charge on any atom is 0.255 e. The van der Waals surface area contributed by atoms with Crippen LogP contribution in [0.15, 0.2) is 36.4 Å². The number of carbonyl (C=O) groups is 1. The number of carbonyl (C=O) groups excluding carboxylic acids is 1. The van der Waals surface area contributed by atoms with Gasteiger partial charge in [0.05, 0.1) is 12.3 Å². The number of anilines is 2. The summed E-state index contributed by atoms with van der Waals surface area (Å²) in [5.41, 5.74) is 3.32. The van der Waals surface area contributed by atoms with E-state index < -0.39 is 0 Å². The van der Waals surface area contributed by atoms with E-state index in [9.17, 15) is 4.79 Å². The normalized spacial score (nSPS) is 15.3. The summed E-state index contributed by atoms with van der Waals surface area (Å²) in [5.74, 6) is 1.32. The standard InChI is InChI=1S/C20H24N2O3/c1-5-24-19-11-15-9-13(2)25-18(15)12-17(19)21-20(23)14-7-6-8-16(10-14)22(3)4/h6-8,10-13H,5,9H2,1-4H3,(H,21,23). The van der Waals surface area contributed by atoms with Crippen LogP contribution in [0.5, 0.6) is 11.5 Å². The second-order valence-corrected chi connectivity index (χ2v) is 6.42. The molecule has 0 radical (unpaired) electrons. The highest BCUT2D eigenvalue weighted by atomic mass is 16.5. The second kappa shape index (κ2) is 7.05. The lowest BCUT2D eigenvalue weighted by molar-refractivity contribution is 0.102. The molecule has 3 rings (SSSR count). The first-order chi connectivity index (χ1) is 12.0. The molecule has 25 heavy (non-hydrogen) atoms. The summed E-state index contributed by atoms with van der Waals surface area (Å²) in [5, 5.41) is 2.96. The number of ether oxygens (including phenoxy) is 2. The summed E-state index contributed by atoms with van der Waals surface area (Å²) in [6.07, 6.45) is 1.00. The van der Waals surface area contributed by atoms with Gasteiger partial charge in [-0.25, -0.2) is 0 Å². The van der Waals surface area contributed by atoms with Crippen LogP contribution in [0.25, 0.3) is 0 Å². The highest BCUT2D eigenvalue weighted by molar-refractivity contribution is 6.05. The Morgan fingerprint density at radius 2 is 2.12 bits per heavy atom. The maximum atomic E-state index is 12.7. The molecule has 2 aromatic rings. The molecule has 0 saturated carbocycles. The lowest BCUT2D eigenvalue weighted by atomic mass is 10.1. The van der Waals surface area contributed by atoms with E-state index in [0.29, 0.717) is 23.6 Å². The van der Waals surface area contributed by atoms with E-state index in [1.54, 1.807) is 6.07 Å². The fourth-order valence-electron chi connectivity index (χ4n) is 2.93. The summed E-state index contributed by atoms with van der Waals surface area (Å²) >= 11 is 0. The summed E-state index contributed by atoms with van der Waals surface area (Å²) in [6.45, 7) is 4.50. The molecule has 0 fully saturated rings. The van der Waals surface area contributed by atoms with E-state index in [-0.39, 0.29) is 12.0 Å². The van der Waals surface area contributed by atoms with Crippen molar-refractivity contribution in [1.82, 2.24) is 0 Å². The van der Waals surface area contributed by atoms with Gasteiger partial charge in [0, 0.05) is 43.4 Å². The molecule has 1 N–H and O–H groups in total. The fourth-order valence-corrected chi connectivity index (χ4v) is 2.93. The number of fused-ring (bicyclic) bond motifs is 1. The minimum atomic E-state index is -0.171. The van der Waals surface area contributed by atoms with Crippen molar-refractivity contribution in [3.8, 4) is 11.5 Å². The van der Waals surface area contributed by atoms with Crippen LogP contribution in [-0.2, 0) is 6.42 Å². The van der Waals surface area contributed by atoms with E-state index in [1.165, 1.54) is 0 Å². The molecule has 1 aliphatic rings. The van der Waals surface area contributed by atoms with E-state index in [1.807, 2.05) is 63.2 Å². The minimum absolute atomic E-state index is 0.146. The smallest absolute Gasteiger partial charge is 0.255 e. The molecule has 1 heterocycles. The lowest BCUT2D eigenvalue weighted by Crippen LogP contribution is -2.15. The minimum Gasteiger partial charge on any atom is -0.492 e. The number of nitrogens with zero attached hydrogens (tertiary/aromatic N) is 1. The van der Waals surface area contributed by atoms with Crippen molar-refractivity contribution in [2.24, 2.45) is 0 Å². The molecule has 1 amide bonds. The summed E-state index contributed by atoms with van der Waals surface area (Å²) < 4.78 is 11.5. The van der Waals surface area contributed by atoms with Crippen LogP contribution < -0.4 is 19.7 Å². The maximum absolute atomic E-state index is 12.7. The third-order valence-electron chi connectivity index (χ3n) is 4.17. The van der Waals surface area contributed by atoms with Gasteiger partial charge in [0.25, 0.3) is 5.91 Å². The highest BCUT2D eigenvalue weighted by Gasteiger charge is 2.22. The molecule has 0 aromatic heterocycles. The third-order valence-corrected chi connectivity index (χ3v) is 4.17. The molecule has 0 spiro atoms. The Hall–Kier alpha value is -2.69. The molecule has 132 valence electrons. The Morgan fingerprint density at radius 1 is 1.32 bits per heavy atom. The van der Waals surface area contributed by atoms with Crippen molar-refractivity contribution in [1.29, 1.82) is 0 Å². The predicted molar refractivity (Wildman–Crippen MR) is 100 cm³/mol. The molecule has 2 aromatic carbocycles. The number of amides is 1. The van der Waals surface area contributed by atoms with Gasteiger partial charge in [-0.3, -0.25) is 4.79 Å². The van der Waals surface area contributed by atoms with Crippen LogP contribution in [0, 0.1) is 0 Å². The van der Waals surface area contributed by atoms with Gasteiger partial charge in [0.1, 0.15) is 17.6 Å². The van der Waals surface area contributed by atoms with Gasteiger partial charge >= 0.3 is 0 Å². The Balaban J connectivity index is 1.88. The van der Waals surface area contributed by atoms with Crippen LogP contribution in [0.1, 0.15) is 29.8 Å². The van der Waals surface area contributed by atoms with Gasteiger partial charge in [-0.2, -0.15) is 0 Å². The zero-order valence-electron chi connectivity index (χ0n) is 15.1. The number of benzene rings is 2. The number of nitrogens with one attached hydrogen (secondary N) is 1. The van der Waals surface area contributed by atoms with Gasteiger partial charge in [-0.1, -0.05) is 6.07 Å². The summed E-state index contributed by atoms with van der Waals surface area (Å²) in [6, 6.07) is 11.3. The molecule has 1 atom stereocenters. The first kappa shape index (κ1) is 17.1. The van der Waals surface area contributed by atoms with Crippen LogP contribution in [0.4, 0.5) is 11.4 Å². The molecule has 0 bridgehead atoms. The molecule has 5 heteroatoms. The van der Waals surface area contributed by atoms with Gasteiger partial charge < -0.3 is 19.7 Å². The van der Waals surface area contributed by atoms with Crippen molar-refractivity contribution < 1.29 is 14.3 Å². The molecule has 0 aliphatic carbocycles. The molecule has 0 saturated heterocycles. The SMILES string of the molecule is CCOc1cc2c(cc1NC(=O)c1cccc(N(C)C)c1)OC(C)C2. The summed E-state index contributed by atoms with van der Waals surface area (Å²) in [4.78, 5) is 14.6. The molecular weight excluding hydrogens is 316 g/mol. The second-order valence-electron chi connectivity index (χ2n) is 6.42. The third kappa shape index (κ3) is 3.71. The lowest BCUT2D eigenvalue weighted by Gasteiger charge is -2.15.